The molecule has 0 aliphatic rings. The fourth-order valence-corrected chi connectivity index (χ4v) is 1.49. The van der Waals surface area contributed by atoms with Gasteiger partial charge in [0.15, 0.2) is 0 Å². The molecule has 0 bridgehead atoms. The largest absolute Gasteiger partial charge is 0.295 e. The maximum Gasteiger partial charge on any atom is 0.295 e. The second kappa shape index (κ2) is 3.86. The van der Waals surface area contributed by atoms with Crippen molar-refractivity contribution in [1.82, 2.24) is 4.98 Å². The first kappa shape index (κ1) is 10.5. The van der Waals surface area contributed by atoms with Crippen LogP contribution in [0.25, 0.3) is 10.9 Å². The molecule has 0 unspecified atom stereocenters. The Morgan fingerprint density at radius 3 is 2.69 bits per heavy atom. The van der Waals surface area contributed by atoms with E-state index < -0.39 is 10.2 Å². The predicted octanol–water partition coefficient (Wildman–Crippen LogP) is 2.52. The van der Waals surface area contributed by atoms with Crippen LogP contribution in [0.5, 0.6) is 0 Å². The number of nitrogens with zero attached hydrogens (tertiary/aromatic N) is 2. The van der Waals surface area contributed by atoms with Crippen molar-refractivity contribution in [2.75, 3.05) is 0 Å². The number of pyridine rings is 1. The number of nitro groups is 1. The zero-order valence-corrected chi connectivity index (χ0v) is 8.64. The molecule has 0 aliphatic carbocycles. The van der Waals surface area contributed by atoms with Gasteiger partial charge >= 0.3 is 0 Å². The number of carbonyl (C=O) groups excluding carboxylic acids is 1. The third-order valence-electron chi connectivity index (χ3n) is 2.10. The van der Waals surface area contributed by atoms with Crippen LogP contribution in [-0.4, -0.2) is 15.1 Å². The Labute approximate surface area is 94.8 Å². The van der Waals surface area contributed by atoms with Crippen LogP contribution < -0.4 is 0 Å². The average Bonchev–Trinajstić information content (AvgIpc) is 2.27. The van der Waals surface area contributed by atoms with Crippen LogP contribution in [0.15, 0.2) is 30.3 Å². The summed E-state index contributed by atoms with van der Waals surface area (Å²) in [7, 11) is 0. The number of non-ortho nitro benzene ring substituents is 1. The molecule has 0 N–H and O–H groups in total. The van der Waals surface area contributed by atoms with Gasteiger partial charge in [-0.25, -0.2) is 4.98 Å². The zero-order chi connectivity index (χ0) is 11.7. The molecule has 0 aliphatic heterocycles. The predicted molar refractivity (Wildman–Crippen MR) is 58.6 cm³/mol. The van der Waals surface area contributed by atoms with Gasteiger partial charge in [-0.15, -0.1) is 0 Å². The fourth-order valence-electron chi connectivity index (χ4n) is 1.39. The van der Waals surface area contributed by atoms with Gasteiger partial charge in [-0.1, -0.05) is 18.2 Å². The normalized spacial score (nSPS) is 10.3. The van der Waals surface area contributed by atoms with Gasteiger partial charge in [0.2, 0.25) is 0 Å². The first-order valence-corrected chi connectivity index (χ1v) is 4.71. The molecule has 0 fully saturated rings. The van der Waals surface area contributed by atoms with Gasteiger partial charge in [0.25, 0.3) is 10.9 Å². The van der Waals surface area contributed by atoms with Crippen molar-refractivity contribution in [2.24, 2.45) is 0 Å². The van der Waals surface area contributed by atoms with E-state index in [1.165, 1.54) is 12.1 Å². The van der Waals surface area contributed by atoms with Gasteiger partial charge in [-0.2, -0.15) is 0 Å². The van der Waals surface area contributed by atoms with Crippen LogP contribution in [0.4, 0.5) is 5.69 Å². The number of fused-ring (bicyclic) bond motifs is 1. The van der Waals surface area contributed by atoms with Gasteiger partial charge in [0.1, 0.15) is 11.2 Å². The molecule has 0 saturated carbocycles. The van der Waals surface area contributed by atoms with Gasteiger partial charge in [0.05, 0.1) is 4.92 Å². The minimum absolute atomic E-state index is 0.00321. The molecular weight excluding hydrogens is 232 g/mol. The Balaban J connectivity index is 2.78. The van der Waals surface area contributed by atoms with E-state index in [9.17, 15) is 14.9 Å². The van der Waals surface area contributed by atoms with Crippen LogP contribution in [-0.2, 0) is 0 Å². The molecular formula is C10H5ClN2O3. The molecule has 0 amide bonds. The Hall–Kier alpha value is -2.01. The number of nitro benzene ring substituents is 1. The molecule has 0 atom stereocenters. The van der Waals surface area contributed by atoms with Gasteiger partial charge in [-0.05, 0) is 17.7 Å². The maximum atomic E-state index is 10.9. The lowest BCUT2D eigenvalue weighted by molar-refractivity contribution is -0.383. The highest BCUT2D eigenvalue weighted by Crippen LogP contribution is 2.23. The van der Waals surface area contributed by atoms with Crippen molar-refractivity contribution in [3.63, 3.8) is 0 Å². The third-order valence-corrected chi connectivity index (χ3v) is 2.29. The first-order chi connectivity index (χ1) is 7.59. The monoisotopic (exact) mass is 236 g/mol. The summed E-state index contributed by atoms with van der Waals surface area (Å²) in [6.45, 7) is 0. The van der Waals surface area contributed by atoms with Crippen LogP contribution in [0.3, 0.4) is 0 Å². The molecule has 0 spiro atoms. The lowest BCUT2D eigenvalue weighted by atomic mass is 10.2. The molecule has 1 aromatic heterocycles. The smallest absolute Gasteiger partial charge is 0.274 e. The lowest BCUT2D eigenvalue weighted by Gasteiger charge is -1.99. The molecule has 1 aromatic carbocycles. The van der Waals surface area contributed by atoms with Crippen LogP contribution in [0.2, 0.25) is 0 Å². The Bertz CT molecular complexity index is 598. The van der Waals surface area contributed by atoms with E-state index in [1.807, 2.05) is 0 Å². The minimum atomic E-state index is -0.736. The Morgan fingerprint density at radius 1 is 1.31 bits per heavy atom. The number of aromatic nitrogens is 1. The number of carbonyl (C=O) groups is 1. The summed E-state index contributed by atoms with van der Waals surface area (Å²) < 4.78 is 0. The molecule has 0 saturated heterocycles. The van der Waals surface area contributed by atoms with Crippen molar-refractivity contribution in [3.05, 3.63) is 46.1 Å². The summed E-state index contributed by atoms with van der Waals surface area (Å²) in [5.74, 6) is 0. The van der Waals surface area contributed by atoms with E-state index in [-0.39, 0.29) is 16.9 Å². The van der Waals surface area contributed by atoms with E-state index in [0.29, 0.717) is 5.39 Å². The highest BCUT2D eigenvalue weighted by molar-refractivity contribution is 6.67. The van der Waals surface area contributed by atoms with Gasteiger partial charge < -0.3 is 0 Å². The maximum absolute atomic E-state index is 10.9. The van der Waals surface area contributed by atoms with E-state index in [1.54, 1.807) is 18.2 Å². The number of rotatable bonds is 2. The summed E-state index contributed by atoms with van der Waals surface area (Å²) in [5.41, 5.74) is 0.0275. The quantitative estimate of drug-likeness (QED) is 0.456. The lowest BCUT2D eigenvalue weighted by Crippen LogP contribution is -1.97. The second-order valence-electron chi connectivity index (χ2n) is 3.08. The molecule has 2 aromatic rings. The zero-order valence-electron chi connectivity index (χ0n) is 7.88. The Morgan fingerprint density at radius 2 is 2.06 bits per heavy atom. The SMILES string of the molecule is O=C(Cl)c1ccc2cccc([N+](=O)[O-])c2n1. The molecule has 1 heterocycles. The highest BCUT2D eigenvalue weighted by atomic mass is 35.5. The van der Waals surface area contributed by atoms with Crippen molar-refractivity contribution >= 4 is 33.4 Å². The Kier molecular flexibility index (Phi) is 2.54. The minimum Gasteiger partial charge on any atom is -0.274 e. The second-order valence-corrected chi connectivity index (χ2v) is 3.42. The summed E-state index contributed by atoms with van der Waals surface area (Å²) in [6.07, 6.45) is 0. The number of benzene rings is 1. The van der Waals surface area contributed by atoms with Crippen molar-refractivity contribution in [2.45, 2.75) is 0 Å². The summed E-state index contributed by atoms with van der Waals surface area (Å²) in [4.78, 5) is 25.0. The van der Waals surface area contributed by atoms with Crippen LogP contribution in [0.1, 0.15) is 10.5 Å². The van der Waals surface area contributed by atoms with E-state index in [2.05, 4.69) is 4.98 Å². The summed E-state index contributed by atoms with van der Waals surface area (Å²) in [5, 5.41) is 10.6. The fraction of sp³-hybridized carbons (Fsp3) is 0. The number of halogens is 1. The van der Waals surface area contributed by atoms with Crippen LogP contribution in [0, 0.1) is 10.1 Å². The molecule has 16 heavy (non-hydrogen) atoms. The van der Waals surface area contributed by atoms with Crippen molar-refractivity contribution < 1.29 is 9.72 Å². The molecule has 6 heteroatoms. The van der Waals surface area contributed by atoms with E-state index in [0.717, 1.165) is 0 Å². The molecule has 5 nitrogen and oxygen atoms in total. The topological polar surface area (TPSA) is 73.1 Å². The van der Waals surface area contributed by atoms with Gasteiger partial charge in [0, 0.05) is 11.5 Å². The van der Waals surface area contributed by atoms with E-state index >= 15 is 0 Å². The number of hydrogen-bond acceptors (Lipinski definition) is 4. The van der Waals surface area contributed by atoms with Crippen molar-refractivity contribution in [3.8, 4) is 0 Å². The summed E-state index contributed by atoms with van der Waals surface area (Å²) in [6, 6.07) is 7.58. The van der Waals surface area contributed by atoms with Crippen LogP contribution >= 0.6 is 11.6 Å². The molecule has 2 rings (SSSR count). The van der Waals surface area contributed by atoms with Gasteiger partial charge in [-0.3, -0.25) is 14.9 Å². The number of hydrogen-bond donors (Lipinski definition) is 0. The third kappa shape index (κ3) is 1.72. The molecule has 0 radical (unpaired) electrons. The highest BCUT2D eigenvalue weighted by Gasteiger charge is 2.14. The summed E-state index contributed by atoms with van der Waals surface area (Å²) >= 11 is 5.26. The number of para-hydroxylation sites is 1. The average molecular weight is 237 g/mol. The van der Waals surface area contributed by atoms with E-state index in [4.69, 9.17) is 11.6 Å². The first-order valence-electron chi connectivity index (χ1n) is 4.33. The van der Waals surface area contributed by atoms with Crippen molar-refractivity contribution in [1.29, 1.82) is 0 Å². The molecule has 80 valence electrons. The standard InChI is InChI=1S/C10H5ClN2O3/c11-10(14)7-5-4-6-2-1-3-8(13(15)16)9(6)12-7/h1-5H.